The largest absolute Gasteiger partial charge is 0.497 e. The second kappa shape index (κ2) is 8.40. The quantitative estimate of drug-likeness (QED) is 0.363. The van der Waals surface area contributed by atoms with Crippen LogP contribution in [0.15, 0.2) is 60.7 Å². The van der Waals surface area contributed by atoms with E-state index in [-0.39, 0.29) is 19.3 Å². The van der Waals surface area contributed by atoms with Crippen LogP contribution < -0.4 is 15.0 Å². The van der Waals surface area contributed by atoms with Crippen LogP contribution in [-0.2, 0) is 10.2 Å². The van der Waals surface area contributed by atoms with Gasteiger partial charge in [-0.3, -0.25) is 9.89 Å². The van der Waals surface area contributed by atoms with Gasteiger partial charge in [-0.05, 0) is 73.2 Å². The zero-order valence-electron chi connectivity index (χ0n) is 19.8. The van der Waals surface area contributed by atoms with Crippen molar-refractivity contribution in [1.82, 2.24) is 10.2 Å². The molecule has 6 heteroatoms. The standard InChI is InChI=1S/C29H28N4O2.CH4/c1-35-21-10-12-25-23(16-21)29(28(34)30-25)17-24(29)19-7-11-22-26(15-19)31-32-27(22)18-5-8-20(9-6-18)33-13-3-2-4-14-33;/h5-12,15-16,24H,2-4,13-14,17H2,1H3,(H,30,34)(H,31,32);1H4/t24?,29-;/m0./s1. The van der Waals surface area contributed by atoms with Crippen LogP contribution in [0.1, 0.15) is 50.2 Å². The Morgan fingerprint density at radius 2 is 1.81 bits per heavy atom. The van der Waals surface area contributed by atoms with Gasteiger partial charge in [0.2, 0.25) is 5.91 Å². The number of nitrogens with one attached hydrogen (secondary N) is 2. The van der Waals surface area contributed by atoms with Gasteiger partial charge in [0.25, 0.3) is 0 Å². The smallest absolute Gasteiger partial charge is 0.235 e. The molecule has 0 bridgehead atoms. The molecule has 6 nitrogen and oxygen atoms in total. The number of H-pyrrole nitrogens is 1. The molecule has 7 rings (SSSR count). The molecule has 2 atom stereocenters. The number of rotatable bonds is 4. The number of amides is 1. The number of ether oxygens (including phenoxy) is 1. The van der Waals surface area contributed by atoms with E-state index in [1.165, 1.54) is 30.5 Å². The molecule has 3 heterocycles. The summed E-state index contributed by atoms with van der Waals surface area (Å²) in [6, 6.07) is 21.1. The molecule has 2 N–H and O–H groups in total. The van der Waals surface area contributed by atoms with Gasteiger partial charge in [0.1, 0.15) is 5.75 Å². The summed E-state index contributed by atoms with van der Waals surface area (Å²) >= 11 is 0. The lowest BCUT2D eigenvalue weighted by atomic mass is 9.91. The predicted molar refractivity (Wildman–Crippen MR) is 145 cm³/mol. The number of hydrogen-bond acceptors (Lipinski definition) is 4. The van der Waals surface area contributed by atoms with Crippen molar-refractivity contribution in [1.29, 1.82) is 0 Å². The van der Waals surface area contributed by atoms with E-state index < -0.39 is 5.41 Å². The molecule has 3 aliphatic rings. The Hall–Kier alpha value is -3.80. The van der Waals surface area contributed by atoms with E-state index in [1.807, 2.05) is 18.2 Å². The fourth-order valence-corrected chi connectivity index (χ4v) is 6.15. The number of aromatic amines is 1. The molecule has 4 aromatic rings. The van der Waals surface area contributed by atoms with E-state index in [9.17, 15) is 4.79 Å². The summed E-state index contributed by atoms with van der Waals surface area (Å²) in [7, 11) is 1.66. The molecule has 3 aromatic carbocycles. The minimum absolute atomic E-state index is 0. The third-order valence-corrected chi connectivity index (χ3v) is 8.17. The molecule has 1 aromatic heterocycles. The van der Waals surface area contributed by atoms with Crippen LogP contribution in [0.3, 0.4) is 0 Å². The van der Waals surface area contributed by atoms with Crippen molar-refractivity contribution < 1.29 is 9.53 Å². The van der Waals surface area contributed by atoms with Crippen molar-refractivity contribution in [2.75, 3.05) is 30.4 Å². The average Bonchev–Trinajstić information content (AvgIpc) is 3.44. The topological polar surface area (TPSA) is 70.2 Å². The zero-order valence-corrected chi connectivity index (χ0v) is 19.8. The molecule has 1 spiro atoms. The monoisotopic (exact) mass is 480 g/mol. The number of methoxy groups -OCH3 is 1. The first-order chi connectivity index (χ1) is 17.2. The summed E-state index contributed by atoms with van der Waals surface area (Å²) < 4.78 is 5.43. The van der Waals surface area contributed by atoms with Crippen LogP contribution in [0.2, 0.25) is 0 Å². The first kappa shape index (κ1) is 22.7. The van der Waals surface area contributed by atoms with Crippen LogP contribution in [0.4, 0.5) is 11.4 Å². The fraction of sp³-hybridized carbons (Fsp3) is 0.333. The van der Waals surface area contributed by atoms with E-state index in [2.05, 4.69) is 62.9 Å². The van der Waals surface area contributed by atoms with Crippen LogP contribution in [-0.4, -0.2) is 36.3 Å². The lowest BCUT2D eigenvalue weighted by Gasteiger charge is -2.28. The Balaban J connectivity index is 0.00000240. The summed E-state index contributed by atoms with van der Waals surface area (Å²) in [5.41, 5.74) is 7.00. The molecule has 2 fully saturated rings. The van der Waals surface area contributed by atoms with Crippen molar-refractivity contribution in [2.24, 2.45) is 0 Å². The van der Waals surface area contributed by atoms with Gasteiger partial charge < -0.3 is 15.0 Å². The summed E-state index contributed by atoms with van der Waals surface area (Å²) in [6.07, 6.45) is 4.70. The Morgan fingerprint density at radius 3 is 2.58 bits per heavy atom. The van der Waals surface area contributed by atoms with Crippen molar-refractivity contribution in [3.05, 3.63) is 71.8 Å². The van der Waals surface area contributed by atoms with Crippen LogP contribution >= 0.6 is 0 Å². The minimum atomic E-state index is -0.495. The fourth-order valence-electron chi connectivity index (χ4n) is 6.15. The van der Waals surface area contributed by atoms with Crippen LogP contribution in [0.5, 0.6) is 5.75 Å². The highest BCUT2D eigenvalue weighted by Crippen LogP contribution is 2.65. The van der Waals surface area contributed by atoms with E-state index >= 15 is 0 Å². The van der Waals surface area contributed by atoms with Gasteiger partial charge in [-0.1, -0.05) is 31.7 Å². The lowest BCUT2D eigenvalue weighted by Crippen LogP contribution is -2.29. The zero-order chi connectivity index (χ0) is 23.6. The Morgan fingerprint density at radius 1 is 1.00 bits per heavy atom. The molecule has 36 heavy (non-hydrogen) atoms. The number of carbonyl (C=O) groups is 1. The first-order valence-electron chi connectivity index (χ1n) is 12.5. The molecular formula is C30H32N4O2. The average molecular weight is 481 g/mol. The highest BCUT2D eigenvalue weighted by molar-refractivity contribution is 6.10. The number of nitrogens with zero attached hydrogens (tertiary/aromatic N) is 2. The maximum atomic E-state index is 13.0. The summed E-state index contributed by atoms with van der Waals surface area (Å²) in [4.78, 5) is 15.5. The molecule has 184 valence electrons. The Labute approximate surface area is 211 Å². The SMILES string of the molecule is C.COc1ccc2c(c1)[C@]1(CC1c1ccc3c(-c4ccc(N5CCCCC5)cc4)n[nH]c3c1)C(=O)N2. The molecule has 1 amide bonds. The summed E-state index contributed by atoms with van der Waals surface area (Å²) in [5.74, 6) is 1.02. The number of aromatic nitrogens is 2. The molecule has 0 radical (unpaired) electrons. The summed E-state index contributed by atoms with van der Waals surface area (Å²) in [6.45, 7) is 2.29. The van der Waals surface area contributed by atoms with E-state index in [0.717, 1.165) is 58.7 Å². The van der Waals surface area contributed by atoms with Crippen LogP contribution in [0, 0.1) is 0 Å². The number of hydrogen-bond donors (Lipinski definition) is 2. The predicted octanol–water partition coefficient (Wildman–Crippen LogP) is 6.24. The normalized spacial score (nSPS) is 22.3. The van der Waals surface area contributed by atoms with Crippen LogP contribution in [0.25, 0.3) is 22.2 Å². The van der Waals surface area contributed by atoms with E-state index in [0.29, 0.717) is 0 Å². The van der Waals surface area contributed by atoms with Gasteiger partial charge in [-0.2, -0.15) is 5.10 Å². The highest BCUT2D eigenvalue weighted by atomic mass is 16.5. The number of benzene rings is 3. The maximum Gasteiger partial charge on any atom is 0.235 e. The molecule has 2 aliphatic heterocycles. The van der Waals surface area contributed by atoms with Gasteiger partial charge in [-0.25, -0.2) is 0 Å². The van der Waals surface area contributed by atoms with E-state index in [4.69, 9.17) is 4.74 Å². The van der Waals surface area contributed by atoms with Crippen molar-refractivity contribution in [2.45, 2.75) is 44.4 Å². The second-order valence-electron chi connectivity index (χ2n) is 10.1. The Kier molecular flexibility index (Phi) is 5.29. The molecule has 1 saturated heterocycles. The van der Waals surface area contributed by atoms with Gasteiger partial charge >= 0.3 is 0 Å². The van der Waals surface area contributed by atoms with Crippen molar-refractivity contribution in [3.8, 4) is 17.0 Å². The summed E-state index contributed by atoms with van der Waals surface area (Å²) in [5, 5.41) is 12.1. The first-order valence-corrected chi connectivity index (χ1v) is 12.5. The lowest BCUT2D eigenvalue weighted by molar-refractivity contribution is -0.118. The van der Waals surface area contributed by atoms with Gasteiger partial charge in [0.15, 0.2) is 0 Å². The van der Waals surface area contributed by atoms with Gasteiger partial charge in [-0.15, -0.1) is 0 Å². The molecule has 1 saturated carbocycles. The van der Waals surface area contributed by atoms with Crippen molar-refractivity contribution >= 4 is 28.2 Å². The third kappa shape index (κ3) is 3.31. The van der Waals surface area contributed by atoms with Gasteiger partial charge in [0, 0.05) is 41.3 Å². The maximum absolute atomic E-state index is 13.0. The highest BCUT2D eigenvalue weighted by Gasteiger charge is 2.65. The van der Waals surface area contributed by atoms with Crippen molar-refractivity contribution in [3.63, 3.8) is 0 Å². The van der Waals surface area contributed by atoms with E-state index in [1.54, 1.807) is 7.11 Å². The molecule has 1 aliphatic carbocycles. The minimum Gasteiger partial charge on any atom is -0.497 e. The van der Waals surface area contributed by atoms with Gasteiger partial charge in [0.05, 0.1) is 23.7 Å². The number of fused-ring (bicyclic) bond motifs is 3. The number of anilines is 2. The number of carbonyl (C=O) groups excluding carboxylic acids is 1. The second-order valence-corrected chi connectivity index (χ2v) is 10.1. The third-order valence-electron chi connectivity index (χ3n) is 8.17. The molecular weight excluding hydrogens is 448 g/mol. The molecule has 1 unspecified atom stereocenters. The number of piperidine rings is 1. The Bertz CT molecular complexity index is 1450.